The standard InChI is InChI=1S/C19H20ClN3O/c20-14-8-11-17-22-18(13-6-9-16(24)10-7-13)19(23(17)12-14)21-15-4-2-1-3-5-15/h6-12,15,21,24H,1-5H2. The van der Waals surface area contributed by atoms with Crippen molar-refractivity contribution in [3.63, 3.8) is 0 Å². The first-order chi connectivity index (χ1) is 11.7. The van der Waals surface area contributed by atoms with Gasteiger partial charge < -0.3 is 10.4 Å². The van der Waals surface area contributed by atoms with Gasteiger partial charge in [-0.1, -0.05) is 30.9 Å². The number of nitrogens with one attached hydrogen (secondary N) is 1. The Morgan fingerprint density at radius 2 is 1.79 bits per heavy atom. The van der Waals surface area contributed by atoms with Gasteiger partial charge in [-0.15, -0.1) is 0 Å². The van der Waals surface area contributed by atoms with Crippen molar-refractivity contribution in [3.05, 3.63) is 47.6 Å². The number of aromatic hydroxyl groups is 1. The lowest BCUT2D eigenvalue weighted by atomic mass is 9.95. The summed E-state index contributed by atoms with van der Waals surface area (Å²) in [5.74, 6) is 1.23. The number of fused-ring (bicyclic) bond motifs is 1. The van der Waals surface area contributed by atoms with Crippen LogP contribution >= 0.6 is 11.6 Å². The summed E-state index contributed by atoms with van der Waals surface area (Å²) in [6.45, 7) is 0. The van der Waals surface area contributed by atoms with Crippen LogP contribution in [0.3, 0.4) is 0 Å². The number of aromatic nitrogens is 2. The molecule has 0 spiro atoms. The largest absolute Gasteiger partial charge is 0.508 e. The second-order valence-electron chi connectivity index (χ2n) is 6.41. The number of phenols is 1. The van der Waals surface area contributed by atoms with Crippen molar-refractivity contribution in [3.8, 4) is 17.0 Å². The average molecular weight is 342 g/mol. The Bertz CT molecular complexity index is 851. The van der Waals surface area contributed by atoms with Crippen molar-refractivity contribution in [1.82, 2.24) is 9.38 Å². The first-order valence-corrected chi connectivity index (χ1v) is 8.82. The first-order valence-electron chi connectivity index (χ1n) is 8.44. The summed E-state index contributed by atoms with van der Waals surface area (Å²) in [4.78, 5) is 4.78. The van der Waals surface area contributed by atoms with Crippen LogP contribution in [-0.2, 0) is 0 Å². The zero-order chi connectivity index (χ0) is 16.5. The van der Waals surface area contributed by atoms with Crippen LogP contribution < -0.4 is 5.32 Å². The predicted molar refractivity (Wildman–Crippen MR) is 97.8 cm³/mol. The maximum absolute atomic E-state index is 9.55. The van der Waals surface area contributed by atoms with Gasteiger partial charge in [-0.25, -0.2) is 4.98 Å². The van der Waals surface area contributed by atoms with Gasteiger partial charge in [0.2, 0.25) is 0 Å². The Labute approximate surface area is 146 Å². The van der Waals surface area contributed by atoms with E-state index in [0.29, 0.717) is 11.1 Å². The van der Waals surface area contributed by atoms with Crippen molar-refractivity contribution in [2.24, 2.45) is 0 Å². The van der Waals surface area contributed by atoms with E-state index in [1.165, 1.54) is 32.1 Å². The van der Waals surface area contributed by atoms with Gasteiger partial charge >= 0.3 is 0 Å². The molecule has 1 saturated carbocycles. The lowest BCUT2D eigenvalue weighted by Crippen LogP contribution is -2.23. The van der Waals surface area contributed by atoms with E-state index >= 15 is 0 Å². The monoisotopic (exact) mass is 341 g/mol. The van der Waals surface area contributed by atoms with Gasteiger partial charge in [-0.05, 0) is 49.2 Å². The van der Waals surface area contributed by atoms with Crippen LogP contribution in [0.1, 0.15) is 32.1 Å². The fourth-order valence-electron chi connectivity index (χ4n) is 3.42. The molecule has 0 aliphatic heterocycles. The van der Waals surface area contributed by atoms with Crippen LogP contribution in [0.2, 0.25) is 5.02 Å². The van der Waals surface area contributed by atoms with Crippen LogP contribution in [0.25, 0.3) is 16.9 Å². The van der Waals surface area contributed by atoms with E-state index in [1.807, 2.05) is 34.9 Å². The number of hydrogen-bond donors (Lipinski definition) is 2. The van der Waals surface area contributed by atoms with E-state index < -0.39 is 0 Å². The smallest absolute Gasteiger partial charge is 0.139 e. The normalized spacial score (nSPS) is 15.7. The molecule has 5 heteroatoms. The third-order valence-electron chi connectivity index (χ3n) is 4.67. The minimum atomic E-state index is 0.257. The van der Waals surface area contributed by atoms with Crippen LogP contribution in [-0.4, -0.2) is 20.5 Å². The highest BCUT2D eigenvalue weighted by molar-refractivity contribution is 6.30. The summed E-state index contributed by atoms with van der Waals surface area (Å²) in [7, 11) is 0. The van der Waals surface area contributed by atoms with Gasteiger partial charge in [-0.3, -0.25) is 4.40 Å². The lowest BCUT2D eigenvalue weighted by molar-refractivity contribution is 0.461. The molecule has 124 valence electrons. The SMILES string of the molecule is Oc1ccc(-c2nc3ccc(Cl)cn3c2NC2CCCCC2)cc1. The second kappa shape index (κ2) is 6.36. The molecule has 1 aliphatic rings. The fraction of sp³-hybridized carbons (Fsp3) is 0.316. The van der Waals surface area contributed by atoms with Crippen molar-refractivity contribution in [1.29, 1.82) is 0 Å². The molecule has 1 aliphatic carbocycles. The lowest BCUT2D eigenvalue weighted by Gasteiger charge is -2.24. The van der Waals surface area contributed by atoms with Crippen molar-refractivity contribution in [2.75, 3.05) is 5.32 Å². The molecule has 0 saturated heterocycles. The fourth-order valence-corrected chi connectivity index (χ4v) is 3.58. The highest BCUT2D eigenvalue weighted by Gasteiger charge is 2.19. The molecule has 4 nitrogen and oxygen atoms in total. The maximum Gasteiger partial charge on any atom is 0.139 e. The topological polar surface area (TPSA) is 49.6 Å². The van der Waals surface area contributed by atoms with E-state index in [1.54, 1.807) is 12.1 Å². The van der Waals surface area contributed by atoms with Crippen LogP contribution in [0.4, 0.5) is 5.82 Å². The van der Waals surface area contributed by atoms with Crippen LogP contribution in [0.15, 0.2) is 42.6 Å². The Morgan fingerprint density at radius 3 is 2.54 bits per heavy atom. The number of halogens is 1. The molecule has 0 radical (unpaired) electrons. The number of nitrogens with zero attached hydrogens (tertiary/aromatic N) is 2. The second-order valence-corrected chi connectivity index (χ2v) is 6.85. The molecule has 4 rings (SSSR count). The number of benzene rings is 1. The Hall–Kier alpha value is -2.20. The highest BCUT2D eigenvalue weighted by Crippen LogP contribution is 2.32. The molecule has 1 aromatic carbocycles. The molecule has 3 aromatic rings. The summed E-state index contributed by atoms with van der Waals surface area (Å²) in [6, 6.07) is 11.4. The van der Waals surface area contributed by atoms with Gasteiger partial charge in [0.1, 0.15) is 22.9 Å². The molecule has 1 fully saturated rings. The first kappa shape index (κ1) is 15.3. The van der Waals surface area contributed by atoms with Crippen molar-refractivity contribution >= 4 is 23.1 Å². The average Bonchev–Trinajstić information content (AvgIpc) is 2.94. The molecule has 2 heterocycles. The summed E-state index contributed by atoms with van der Waals surface area (Å²) >= 11 is 6.20. The Morgan fingerprint density at radius 1 is 1.04 bits per heavy atom. The van der Waals surface area contributed by atoms with Gasteiger partial charge in [-0.2, -0.15) is 0 Å². The molecule has 0 unspecified atom stereocenters. The van der Waals surface area contributed by atoms with Gasteiger partial charge in [0, 0.05) is 17.8 Å². The Balaban J connectivity index is 1.81. The number of pyridine rings is 1. The summed E-state index contributed by atoms with van der Waals surface area (Å²) in [6.07, 6.45) is 8.12. The Kier molecular flexibility index (Phi) is 4.07. The third kappa shape index (κ3) is 2.94. The molecular weight excluding hydrogens is 322 g/mol. The highest BCUT2D eigenvalue weighted by atomic mass is 35.5. The van der Waals surface area contributed by atoms with E-state index in [0.717, 1.165) is 22.7 Å². The number of phenolic OH excluding ortho intramolecular Hbond substituents is 1. The van der Waals surface area contributed by atoms with Crippen LogP contribution in [0, 0.1) is 0 Å². The van der Waals surface area contributed by atoms with E-state index in [-0.39, 0.29) is 5.75 Å². The predicted octanol–water partition coefficient (Wildman–Crippen LogP) is 5.10. The summed E-state index contributed by atoms with van der Waals surface area (Å²) in [5, 5.41) is 13.9. The van der Waals surface area contributed by atoms with Gasteiger partial charge in [0.25, 0.3) is 0 Å². The molecule has 24 heavy (non-hydrogen) atoms. The zero-order valence-electron chi connectivity index (χ0n) is 13.4. The van der Waals surface area contributed by atoms with Gasteiger partial charge in [0.05, 0.1) is 5.02 Å². The minimum absolute atomic E-state index is 0.257. The van der Waals surface area contributed by atoms with E-state index in [4.69, 9.17) is 16.6 Å². The molecule has 2 N–H and O–H groups in total. The van der Waals surface area contributed by atoms with Crippen molar-refractivity contribution < 1.29 is 5.11 Å². The molecule has 0 atom stereocenters. The number of anilines is 1. The molecule has 0 bridgehead atoms. The molecule has 2 aromatic heterocycles. The molecule has 0 amide bonds. The zero-order valence-corrected chi connectivity index (χ0v) is 14.1. The summed E-state index contributed by atoms with van der Waals surface area (Å²) < 4.78 is 2.03. The number of hydrogen-bond acceptors (Lipinski definition) is 3. The van der Waals surface area contributed by atoms with E-state index in [2.05, 4.69) is 5.32 Å². The number of rotatable bonds is 3. The minimum Gasteiger partial charge on any atom is -0.508 e. The quantitative estimate of drug-likeness (QED) is 0.696. The molecular formula is C19H20ClN3O. The van der Waals surface area contributed by atoms with E-state index in [9.17, 15) is 5.11 Å². The maximum atomic E-state index is 9.55. The number of imidazole rings is 1. The summed E-state index contributed by atoms with van der Waals surface area (Å²) in [5.41, 5.74) is 2.73. The van der Waals surface area contributed by atoms with Gasteiger partial charge in [0.15, 0.2) is 0 Å². The van der Waals surface area contributed by atoms with Crippen molar-refractivity contribution in [2.45, 2.75) is 38.1 Å². The third-order valence-corrected chi connectivity index (χ3v) is 4.89. The van der Waals surface area contributed by atoms with Crippen LogP contribution in [0.5, 0.6) is 5.75 Å².